The minimum absolute atomic E-state index is 0.123. The third-order valence-corrected chi connectivity index (χ3v) is 3.82. The number of rotatable bonds is 4. The third kappa shape index (κ3) is 2.60. The first-order chi connectivity index (χ1) is 8.63. The van der Waals surface area contributed by atoms with Crippen molar-refractivity contribution in [2.75, 3.05) is 20.1 Å². The second-order valence-electron chi connectivity index (χ2n) is 5.01. The average Bonchev–Trinajstić information content (AvgIpc) is 2.80. The molecule has 100 valence electrons. The highest BCUT2D eigenvalue weighted by Gasteiger charge is 2.29. The lowest BCUT2D eigenvalue weighted by molar-refractivity contribution is 0.188. The molecule has 0 spiro atoms. The van der Waals surface area contributed by atoms with Crippen LogP contribution in [0, 0.1) is 0 Å². The molecule has 0 aromatic heterocycles. The van der Waals surface area contributed by atoms with Crippen LogP contribution in [0.2, 0.25) is 0 Å². The lowest BCUT2D eigenvalue weighted by Gasteiger charge is -2.31. The smallest absolute Gasteiger partial charge is 0.120 e. The van der Waals surface area contributed by atoms with Gasteiger partial charge in [-0.2, -0.15) is 0 Å². The predicted octanol–water partition coefficient (Wildman–Crippen LogP) is 1.84. The summed E-state index contributed by atoms with van der Waals surface area (Å²) in [5.74, 6) is 0.467. The van der Waals surface area contributed by atoms with Crippen molar-refractivity contribution >= 4 is 0 Å². The molecule has 1 heterocycles. The molecule has 0 amide bonds. The summed E-state index contributed by atoms with van der Waals surface area (Å²) in [5, 5.41) is 22.7. The van der Waals surface area contributed by atoms with Crippen LogP contribution in [0.25, 0.3) is 0 Å². The molecule has 2 unspecified atom stereocenters. The van der Waals surface area contributed by atoms with E-state index in [9.17, 15) is 10.2 Å². The number of hydrogen-bond acceptors (Lipinski definition) is 4. The number of nitrogens with zero attached hydrogens (tertiary/aromatic N) is 1. The van der Waals surface area contributed by atoms with Crippen LogP contribution in [0.4, 0.5) is 0 Å². The SMILES string of the molecule is CNCC1CCCN1C(C)c1cc(O)ccc1O. The molecule has 1 aromatic carbocycles. The van der Waals surface area contributed by atoms with Crippen LogP contribution in [0.3, 0.4) is 0 Å². The number of hydrogen-bond donors (Lipinski definition) is 3. The van der Waals surface area contributed by atoms with Gasteiger partial charge in [-0.25, -0.2) is 0 Å². The lowest BCUT2D eigenvalue weighted by atomic mass is 10.0. The standard InChI is InChI=1S/C14H22N2O2/c1-10(13-8-12(17)5-6-14(13)18)16-7-3-4-11(16)9-15-2/h5-6,8,10-11,15,17-18H,3-4,7,9H2,1-2H3. The molecule has 3 N–H and O–H groups in total. The molecule has 0 bridgehead atoms. The van der Waals surface area contributed by atoms with Gasteiger partial charge in [0.1, 0.15) is 11.5 Å². The number of likely N-dealkylation sites (N-methyl/N-ethyl adjacent to an activating group) is 1. The Morgan fingerprint density at radius 1 is 1.44 bits per heavy atom. The van der Waals surface area contributed by atoms with E-state index in [1.165, 1.54) is 18.9 Å². The van der Waals surface area contributed by atoms with Gasteiger partial charge >= 0.3 is 0 Å². The fourth-order valence-electron chi connectivity index (χ4n) is 2.88. The maximum absolute atomic E-state index is 9.93. The summed E-state index contributed by atoms with van der Waals surface area (Å²) in [6.45, 7) is 4.09. The van der Waals surface area contributed by atoms with E-state index in [1.807, 2.05) is 7.05 Å². The average molecular weight is 250 g/mol. The summed E-state index contributed by atoms with van der Waals surface area (Å²) in [7, 11) is 1.97. The van der Waals surface area contributed by atoms with Gasteiger partial charge < -0.3 is 15.5 Å². The molecule has 1 fully saturated rings. The fourth-order valence-corrected chi connectivity index (χ4v) is 2.88. The van der Waals surface area contributed by atoms with Crippen molar-refractivity contribution in [3.63, 3.8) is 0 Å². The van der Waals surface area contributed by atoms with Gasteiger partial charge in [-0.05, 0) is 51.6 Å². The zero-order valence-electron chi connectivity index (χ0n) is 11.1. The Labute approximate surface area is 108 Å². The zero-order valence-corrected chi connectivity index (χ0v) is 11.1. The van der Waals surface area contributed by atoms with E-state index in [2.05, 4.69) is 17.1 Å². The van der Waals surface area contributed by atoms with Crippen LogP contribution in [0.5, 0.6) is 11.5 Å². The number of phenolic OH excluding ortho intramolecular Hbond substituents is 2. The van der Waals surface area contributed by atoms with E-state index < -0.39 is 0 Å². The van der Waals surface area contributed by atoms with Gasteiger partial charge in [-0.15, -0.1) is 0 Å². The molecule has 2 atom stereocenters. The van der Waals surface area contributed by atoms with E-state index >= 15 is 0 Å². The quantitative estimate of drug-likeness (QED) is 0.714. The summed E-state index contributed by atoms with van der Waals surface area (Å²) < 4.78 is 0. The highest BCUT2D eigenvalue weighted by atomic mass is 16.3. The van der Waals surface area contributed by atoms with Gasteiger partial charge in [0.05, 0.1) is 0 Å². The van der Waals surface area contributed by atoms with E-state index in [0.717, 1.165) is 18.7 Å². The molecule has 0 saturated carbocycles. The van der Waals surface area contributed by atoms with Gasteiger partial charge in [0.2, 0.25) is 0 Å². The Morgan fingerprint density at radius 3 is 2.94 bits per heavy atom. The first kappa shape index (κ1) is 13.2. The zero-order chi connectivity index (χ0) is 13.1. The Morgan fingerprint density at radius 2 is 2.22 bits per heavy atom. The van der Waals surface area contributed by atoms with Crippen molar-refractivity contribution < 1.29 is 10.2 Å². The second kappa shape index (κ2) is 5.59. The summed E-state index contributed by atoms with van der Waals surface area (Å²) in [5.41, 5.74) is 0.804. The van der Waals surface area contributed by atoms with Crippen LogP contribution in [-0.4, -0.2) is 41.3 Å². The van der Waals surface area contributed by atoms with Crippen LogP contribution >= 0.6 is 0 Å². The summed E-state index contributed by atoms with van der Waals surface area (Å²) in [4.78, 5) is 2.39. The fraction of sp³-hybridized carbons (Fsp3) is 0.571. The van der Waals surface area contributed by atoms with Gasteiger partial charge in [0.15, 0.2) is 0 Å². The van der Waals surface area contributed by atoms with E-state index in [1.54, 1.807) is 12.1 Å². The molecular formula is C14H22N2O2. The van der Waals surface area contributed by atoms with Crippen LogP contribution in [0.1, 0.15) is 31.4 Å². The van der Waals surface area contributed by atoms with E-state index in [0.29, 0.717) is 6.04 Å². The van der Waals surface area contributed by atoms with E-state index in [4.69, 9.17) is 0 Å². The number of benzene rings is 1. The van der Waals surface area contributed by atoms with Crippen molar-refractivity contribution in [3.05, 3.63) is 23.8 Å². The first-order valence-corrected chi connectivity index (χ1v) is 6.55. The number of phenols is 2. The molecule has 2 rings (SSSR count). The summed E-state index contributed by atoms with van der Waals surface area (Å²) in [6.07, 6.45) is 2.38. The predicted molar refractivity (Wildman–Crippen MR) is 71.8 cm³/mol. The Bertz CT molecular complexity index is 409. The van der Waals surface area contributed by atoms with Crippen LogP contribution in [0.15, 0.2) is 18.2 Å². The normalized spacial score (nSPS) is 22.2. The second-order valence-corrected chi connectivity index (χ2v) is 5.01. The highest BCUT2D eigenvalue weighted by molar-refractivity contribution is 5.40. The van der Waals surface area contributed by atoms with Crippen LogP contribution < -0.4 is 5.32 Å². The Kier molecular flexibility index (Phi) is 4.09. The molecule has 18 heavy (non-hydrogen) atoms. The van der Waals surface area contributed by atoms with Gasteiger partial charge in [0, 0.05) is 24.2 Å². The monoisotopic (exact) mass is 250 g/mol. The first-order valence-electron chi connectivity index (χ1n) is 6.55. The molecule has 1 saturated heterocycles. The molecule has 0 aliphatic carbocycles. The molecular weight excluding hydrogens is 228 g/mol. The molecule has 0 radical (unpaired) electrons. The van der Waals surface area contributed by atoms with Crippen molar-refractivity contribution in [2.45, 2.75) is 31.8 Å². The Hall–Kier alpha value is -1.26. The van der Waals surface area contributed by atoms with Crippen molar-refractivity contribution in [1.82, 2.24) is 10.2 Å². The van der Waals surface area contributed by atoms with Crippen molar-refractivity contribution in [3.8, 4) is 11.5 Å². The van der Waals surface area contributed by atoms with Crippen molar-refractivity contribution in [2.24, 2.45) is 0 Å². The highest BCUT2D eigenvalue weighted by Crippen LogP contribution is 2.35. The summed E-state index contributed by atoms with van der Waals surface area (Å²) >= 11 is 0. The maximum Gasteiger partial charge on any atom is 0.120 e. The lowest BCUT2D eigenvalue weighted by Crippen LogP contribution is -2.38. The molecule has 1 aliphatic heterocycles. The van der Waals surface area contributed by atoms with Crippen molar-refractivity contribution in [1.29, 1.82) is 0 Å². The van der Waals surface area contributed by atoms with Gasteiger partial charge in [0.25, 0.3) is 0 Å². The third-order valence-electron chi connectivity index (χ3n) is 3.82. The summed E-state index contributed by atoms with van der Waals surface area (Å²) in [6, 6.07) is 5.37. The molecule has 1 aliphatic rings. The number of aromatic hydroxyl groups is 2. The van der Waals surface area contributed by atoms with Gasteiger partial charge in [-0.1, -0.05) is 0 Å². The van der Waals surface area contributed by atoms with E-state index in [-0.39, 0.29) is 17.5 Å². The topological polar surface area (TPSA) is 55.7 Å². The minimum Gasteiger partial charge on any atom is -0.508 e. The number of nitrogens with one attached hydrogen (secondary N) is 1. The molecule has 4 nitrogen and oxygen atoms in total. The molecule has 4 heteroatoms. The van der Waals surface area contributed by atoms with Crippen LogP contribution in [-0.2, 0) is 0 Å². The minimum atomic E-state index is 0.123. The van der Waals surface area contributed by atoms with Gasteiger partial charge in [-0.3, -0.25) is 4.90 Å². The molecule has 1 aromatic rings. The number of likely N-dealkylation sites (tertiary alicyclic amines) is 1. The Balaban J connectivity index is 2.19. The largest absolute Gasteiger partial charge is 0.508 e. The maximum atomic E-state index is 9.93.